The van der Waals surface area contributed by atoms with Crippen LogP contribution in [0.4, 0.5) is 5.13 Å². The Bertz CT molecular complexity index is 787. The van der Waals surface area contributed by atoms with E-state index in [4.69, 9.17) is 9.72 Å². The van der Waals surface area contributed by atoms with Crippen molar-refractivity contribution in [2.75, 3.05) is 31.2 Å². The van der Waals surface area contributed by atoms with Gasteiger partial charge in [-0.3, -0.25) is 0 Å². The largest absolute Gasteiger partial charge is 0.378 e. The summed E-state index contributed by atoms with van der Waals surface area (Å²) >= 11 is 3.42. The van der Waals surface area contributed by atoms with Gasteiger partial charge in [-0.2, -0.15) is 0 Å². The van der Waals surface area contributed by atoms with E-state index in [1.54, 1.807) is 23.1 Å². The van der Waals surface area contributed by atoms with Crippen molar-refractivity contribution in [1.29, 1.82) is 0 Å². The van der Waals surface area contributed by atoms with Crippen LogP contribution in [0.25, 0.3) is 11.3 Å². The van der Waals surface area contributed by atoms with Crippen molar-refractivity contribution in [3.05, 3.63) is 54.7 Å². The predicted molar refractivity (Wildman–Crippen MR) is 98.9 cm³/mol. The van der Waals surface area contributed by atoms with Gasteiger partial charge in [-0.25, -0.2) is 9.97 Å². The predicted octanol–water partition coefficient (Wildman–Crippen LogP) is 4.19. The molecule has 0 atom stereocenters. The molecule has 1 aliphatic rings. The summed E-state index contributed by atoms with van der Waals surface area (Å²) in [5, 5.41) is 2.06. The molecular weight excluding hydrogens is 338 g/mol. The number of benzene rings is 1. The van der Waals surface area contributed by atoms with Gasteiger partial charge in [0.1, 0.15) is 5.03 Å². The molecular formula is C18H17N3OS2. The molecule has 1 fully saturated rings. The lowest BCUT2D eigenvalue weighted by Gasteiger charge is -2.26. The molecule has 4 nitrogen and oxygen atoms in total. The first-order valence-corrected chi connectivity index (χ1v) is 9.51. The zero-order valence-corrected chi connectivity index (χ0v) is 14.7. The molecule has 0 aliphatic carbocycles. The van der Waals surface area contributed by atoms with E-state index in [1.807, 2.05) is 30.5 Å². The zero-order valence-electron chi connectivity index (χ0n) is 13.1. The van der Waals surface area contributed by atoms with E-state index in [-0.39, 0.29) is 0 Å². The Morgan fingerprint density at radius 3 is 2.54 bits per heavy atom. The minimum atomic E-state index is 0.767. The van der Waals surface area contributed by atoms with Crippen LogP contribution in [0.3, 0.4) is 0 Å². The van der Waals surface area contributed by atoms with E-state index in [9.17, 15) is 0 Å². The number of morpholine rings is 1. The van der Waals surface area contributed by atoms with Crippen LogP contribution in [0, 0.1) is 0 Å². The maximum atomic E-state index is 5.46. The molecule has 4 rings (SSSR count). The number of aromatic nitrogens is 2. The molecule has 0 N–H and O–H groups in total. The fraction of sp³-hybridized carbons (Fsp3) is 0.222. The summed E-state index contributed by atoms with van der Waals surface area (Å²) < 4.78 is 6.64. The first-order chi connectivity index (χ1) is 11.9. The number of thiazole rings is 1. The van der Waals surface area contributed by atoms with Gasteiger partial charge in [-0.1, -0.05) is 59.5 Å². The van der Waals surface area contributed by atoms with Crippen molar-refractivity contribution in [2.45, 2.75) is 9.24 Å². The number of hydrogen-bond donors (Lipinski definition) is 0. The summed E-state index contributed by atoms with van der Waals surface area (Å²) in [6.45, 7) is 3.33. The van der Waals surface area contributed by atoms with Crippen molar-refractivity contribution in [3.8, 4) is 11.3 Å². The van der Waals surface area contributed by atoms with Gasteiger partial charge >= 0.3 is 0 Å². The summed E-state index contributed by atoms with van der Waals surface area (Å²) in [4.78, 5) is 11.7. The molecule has 0 radical (unpaired) electrons. The summed E-state index contributed by atoms with van der Waals surface area (Å²) in [5.74, 6) is 0. The van der Waals surface area contributed by atoms with Gasteiger partial charge in [-0.05, 0) is 12.1 Å². The maximum Gasteiger partial charge on any atom is 0.187 e. The van der Waals surface area contributed by atoms with Crippen LogP contribution >= 0.6 is 23.1 Å². The molecule has 0 saturated carbocycles. The highest BCUT2D eigenvalue weighted by Gasteiger charge is 2.20. The SMILES string of the molecule is c1ccc(-c2nc(N3CCOCC3)sc2Sc2ccccn2)cc1. The standard InChI is InChI=1S/C18H17N3OS2/c1-2-6-14(7-3-1)16-17(23-15-8-4-5-9-19-15)24-18(20-16)21-10-12-22-13-11-21/h1-9H,10-13H2. The summed E-state index contributed by atoms with van der Waals surface area (Å²) in [6, 6.07) is 16.4. The number of nitrogens with zero attached hydrogens (tertiary/aromatic N) is 3. The zero-order chi connectivity index (χ0) is 16.2. The number of pyridine rings is 1. The van der Waals surface area contributed by atoms with Crippen LogP contribution in [0.1, 0.15) is 0 Å². The monoisotopic (exact) mass is 355 g/mol. The van der Waals surface area contributed by atoms with Gasteiger partial charge in [0.2, 0.25) is 0 Å². The molecule has 0 amide bonds. The molecule has 1 aliphatic heterocycles. The van der Waals surface area contributed by atoms with Gasteiger partial charge in [0.05, 0.1) is 23.1 Å². The number of hydrogen-bond acceptors (Lipinski definition) is 6. The molecule has 0 unspecified atom stereocenters. The van der Waals surface area contributed by atoms with Crippen LogP contribution in [0.2, 0.25) is 0 Å². The quantitative estimate of drug-likeness (QED) is 0.701. The molecule has 0 bridgehead atoms. The highest BCUT2D eigenvalue weighted by molar-refractivity contribution is 8.01. The molecule has 3 heterocycles. The lowest BCUT2D eigenvalue weighted by molar-refractivity contribution is 0.122. The average molecular weight is 355 g/mol. The smallest absolute Gasteiger partial charge is 0.187 e. The first-order valence-electron chi connectivity index (χ1n) is 7.88. The highest BCUT2D eigenvalue weighted by atomic mass is 32.2. The summed E-state index contributed by atoms with van der Waals surface area (Å²) in [6.07, 6.45) is 1.83. The van der Waals surface area contributed by atoms with E-state index in [2.05, 4.69) is 34.1 Å². The summed E-state index contributed by atoms with van der Waals surface area (Å²) in [5.41, 5.74) is 2.18. The maximum absolute atomic E-state index is 5.46. The Hall–Kier alpha value is -1.89. The Labute approximate surface area is 149 Å². The minimum Gasteiger partial charge on any atom is -0.378 e. The van der Waals surface area contributed by atoms with Gasteiger partial charge < -0.3 is 9.64 Å². The fourth-order valence-electron chi connectivity index (χ4n) is 2.54. The minimum absolute atomic E-state index is 0.767. The third-order valence-corrected chi connectivity index (χ3v) is 5.99. The van der Waals surface area contributed by atoms with Gasteiger partial charge in [-0.15, -0.1) is 0 Å². The second-order valence-corrected chi connectivity index (χ2v) is 7.63. The number of ether oxygens (including phenoxy) is 1. The normalized spacial score (nSPS) is 14.8. The molecule has 1 aromatic carbocycles. The average Bonchev–Trinajstić information content (AvgIpc) is 3.08. The van der Waals surface area contributed by atoms with Crippen molar-refractivity contribution < 1.29 is 4.74 Å². The number of anilines is 1. The lowest BCUT2D eigenvalue weighted by atomic mass is 10.2. The molecule has 0 spiro atoms. The molecule has 1 saturated heterocycles. The Morgan fingerprint density at radius 2 is 1.79 bits per heavy atom. The van der Waals surface area contributed by atoms with Gasteiger partial charge in [0, 0.05) is 24.8 Å². The van der Waals surface area contributed by atoms with Crippen LogP contribution in [-0.2, 0) is 4.74 Å². The van der Waals surface area contributed by atoms with Crippen molar-refractivity contribution in [3.63, 3.8) is 0 Å². The number of rotatable bonds is 4. The molecule has 24 heavy (non-hydrogen) atoms. The Morgan fingerprint density at radius 1 is 1.00 bits per heavy atom. The van der Waals surface area contributed by atoms with Crippen LogP contribution in [-0.4, -0.2) is 36.3 Å². The van der Waals surface area contributed by atoms with E-state index in [1.165, 1.54) is 4.21 Å². The van der Waals surface area contributed by atoms with Crippen molar-refractivity contribution >= 4 is 28.2 Å². The molecule has 3 aromatic rings. The van der Waals surface area contributed by atoms with E-state index in [0.29, 0.717) is 0 Å². The van der Waals surface area contributed by atoms with Crippen LogP contribution < -0.4 is 4.90 Å². The third-order valence-electron chi connectivity index (χ3n) is 3.75. The van der Waals surface area contributed by atoms with Crippen LogP contribution in [0.5, 0.6) is 0 Å². The second kappa shape index (κ2) is 7.34. The molecule has 6 heteroatoms. The topological polar surface area (TPSA) is 38.2 Å². The molecule has 122 valence electrons. The van der Waals surface area contributed by atoms with E-state index >= 15 is 0 Å². The second-order valence-electron chi connectivity index (χ2n) is 5.37. The van der Waals surface area contributed by atoms with Crippen molar-refractivity contribution in [1.82, 2.24) is 9.97 Å². The van der Waals surface area contributed by atoms with E-state index < -0.39 is 0 Å². The molecule has 2 aromatic heterocycles. The summed E-state index contributed by atoms with van der Waals surface area (Å²) in [7, 11) is 0. The first kappa shape index (κ1) is 15.6. The van der Waals surface area contributed by atoms with E-state index in [0.717, 1.165) is 47.7 Å². The van der Waals surface area contributed by atoms with Gasteiger partial charge in [0.25, 0.3) is 0 Å². The van der Waals surface area contributed by atoms with Crippen molar-refractivity contribution in [2.24, 2.45) is 0 Å². The third kappa shape index (κ3) is 3.45. The van der Waals surface area contributed by atoms with Crippen LogP contribution in [0.15, 0.2) is 64.0 Å². The van der Waals surface area contributed by atoms with Gasteiger partial charge in [0.15, 0.2) is 5.13 Å². The lowest BCUT2D eigenvalue weighted by Crippen LogP contribution is -2.36. The Kier molecular flexibility index (Phi) is 4.78. The Balaban J connectivity index is 1.71. The highest BCUT2D eigenvalue weighted by Crippen LogP contribution is 2.42. The fourth-order valence-corrected chi connectivity index (χ4v) is 4.77.